The van der Waals surface area contributed by atoms with Gasteiger partial charge in [0, 0.05) is 27.8 Å². The first-order valence-electron chi connectivity index (χ1n) is 7.70. The lowest BCUT2D eigenvalue weighted by Crippen LogP contribution is -2.49. The first-order chi connectivity index (χ1) is 10.7. The topological polar surface area (TPSA) is 24.1 Å². The number of benzene rings is 2. The Labute approximate surface area is 141 Å². The second-order valence-electron chi connectivity index (χ2n) is 5.80. The zero-order valence-electron chi connectivity index (χ0n) is 12.4. The van der Waals surface area contributed by atoms with Gasteiger partial charge in [-0.15, -0.1) is 0 Å². The minimum atomic E-state index is 0.395. The Bertz CT molecular complexity index is 574. The van der Waals surface area contributed by atoms with Crippen molar-refractivity contribution in [2.24, 2.45) is 0 Å². The Morgan fingerprint density at radius 1 is 1.05 bits per heavy atom. The average Bonchev–Trinajstić information content (AvgIpc) is 2.49. The summed E-state index contributed by atoms with van der Waals surface area (Å²) in [6.45, 7) is 1.07. The fourth-order valence-electron chi connectivity index (χ4n) is 3.05. The lowest BCUT2D eigenvalue weighted by Gasteiger charge is -2.34. The molecule has 2 atom stereocenters. The van der Waals surface area contributed by atoms with Crippen LogP contribution in [0.3, 0.4) is 0 Å². The molecule has 2 nitrogen and oxygen atoms in total. The number of piperidine rings is 1. The standard InChI is InChI=1S/C18H20Cl2N2/c19-14-5-1-4-13(10-14)11-18-17(8-3-9-21-18)22-16-7-2-6-15(20)12-16/h1-2,4-7,10,12,17-18,21-22H,3,8-9,11H2/t17-,18-/m0/s1. The van der Waals surface area contributed by atoms with Crippen molar-refractivity contribution in [1.82, 2.24) is 5.32 Å². The van der Waals surface area contributed by atoms with Gasteiger partial charge in [0.1, 0.15) is 0 Å². The Morgan fingerprint density at radius 2 is 1.82 bits per heavy atom. The van der Waals surface area contributed by atoms with Crippen molar-refractivity contribution in [2.75, 3.05) is 11.9 Å². The number of halogens is 2. The van der Waals surface area contributed by atoms with Crippen molar-refractivity contribution < 1.29 is 0 Å². The summed E-state index contributed by atoms with van der Waals surface area (Å²) < 4.78 is 0. The summed E-state index contributed by atoms with van der Waals surface area (Å²) in [6, 6.07) is 16.8. The van der Waals surface area contributed by atoms with Crippen molar-refractivity contribution in [3.05, 3.63) is 64.1 Å². The van der Waals surface area contributed by atoms with E-state index >= 15 is 0 Å². The number of nitrogens with one attached hydrogen (secondary N) is 2. The maximum absolute atomic E-state index is 6.10. The van der Waals surface area contributed by atoms with Gasteiger partial charge in [0.05, 0.1) is 0 Å². The van der Waals surface area contributed by atoms with Gasteiger partial charge in [-0.3, -0.25) is 0 Å². The Balaban J connectivity index is 1.71. The molecule has 0 aromatic heterocycles. The van der Waals surface area contributed by atoms with Crippen molar-refractivity contribution in [3.8, 4) is 0 Å². The highest BCUT2D eigenvalue weighted by atomic mass is 35.5. The molecule has 1 heterocycles. The summed E-state index contributed by atoms with van der Waals surface area (Å²) >= 11 is 12.2. The molecule has 0 bridgehead atoms. The van der Waals surface area contributed by atoms with Crippen molar-refractivity contribution in [2.45, 2.75) is 31.3 Å². The van der Waals surface area contributed by atoms with Crippen LogP contribution in [0.2, 0.25) is 10.0 Å². The molecule has 4 heteroatoms. The molecule has 0 radical (unpaired) electrons. The largest absolute Gasteiger partial charge is 0.381 e. The molecule has 1 aliphatic rings. The van der Waals surface area contributed by atoms with E-state index in [-0.39, 0.29) is 0 Å². The first kappa shape index (κ1) is 15.7. The number of anilines is 1. The van der Waals surface area contributed by atoms with Crippen molar-refractivity contribution in [1.29, 1.82) is 0 Å². The van der Waals surface area contributed by atoms with E-state index in [2.05, 4.69) is 22.8 Å². The van der Waals surface area contributed by atoms with Gasteiger partial charge < -0.3 is 10.6 Å². The Hall–Kier alpha value is -1.22. The predicted octanol–water partition coefficient (Wildman–Crippen LogP) is 4.77. The first-order valence-corrected chi connectivity index (χ1v) is 8.46. The zero-order chi connectivity index (χ0) is 15.4. The Morgan fingerprint density at radius 3 is 2.59 bits per heavy atom. The summed E-state index contributed by atoms with van der Waals surface area (Å²) in [5, 5.41) is 8.82. The normalized spacial score (nSPS) is 21.5. The summed E-state index contributed by atoms with van der Waals surface area (Å²) in [5.74, 6) is 0. The predicted molar refractivity (Wildman–Crippen MR) is 95.0 cm³/mol. The van der Waals surface area contributed by atoms with Crippen LogP contribution in [-0.2, 0) is 6.42 Å². The molecular formula is C18H20Cl2N2. The molecular weight excluding hydrogens is 315 g/mol. The molecule has 22 heavy (non-hydrogen) atoms. The van der Waals surface area contributed by atoms with Crippen LogP contribution in [-0.4, -0.2) is 18.6 Å². The highest BCUT2D eigenvalue weighted by Gasteiger charge is 2.24. The van der Waals surface area contributed by atoms with Crippen LogP contribution in [0.25, 0.3) is 0 Å². The summed E-state index contributed by atoms with van der Waals surface area (Å²) in [5.41, 5.74) is 2.35. The van der Waals surface area contributed by atoms with Gasteiger partial charge in [-0.05, 0) is 61.7 Å². The van der Waals surface area contributed by atoms with E-state index in [1.54, 1.807) is 0 Å². The van der Waals surface area contributed by atoms with Crippen LogP contribution in [0.5, 0.6) is 0 Å². The lowest BCUT2D eigenvalue weighted by atomic mass is 9.92. The highest BCUT2D eigenvalue weighted by Crippen LogP contribution is 2.22. The van der Waals surface area contributed by atoms with E-state index in [0.717, 1.165) is 35.1 Å². The van der Waals surface area contributed by atoms with Crippen LogP contribution in [0.1, 0.15) is 18.4 Å². The fourth-order valence-corrected chi connectivity index (χ4v) is 3.45. The second kappa shape index (κ2) is 7.36. The third-order valence-electron chi connectivity index (χ3n) is 4.11. The zero-order valence-corrected chi connectivity index (χ0v) is 13.9. The van der Waals surface area contributed by atoms with Gasteiger partial charge in [0.15, 0.2) is 0 Å². The molecule has 0 saturated carbocycles. The van der Waals surface area contributed by atoms with Gasteiger partial charge >= 0.3 is 0 Å². The van der Waals surface area contributed by atoms with Crippen LogP contribution in [0.15, 0.2) is 48.5 Å². The molecule has 0 amide bonds. The summed E-state index contributed by atoms with van der Waals surface area (Å²) in [7, 11) is 0. The van der Waals surface area contributed by atoms with Gasteiger partial charge in [-0.1, -0.05) is 41.4 Å². The van der Waals surface area contributed by atoms with Gasteiger partial charge in [-0.25, -0.2) is 0 Å². The summed E-state index contributed by atoms with van der Waals surface area (Å²) in [4.78, 5) is 0. The van der Waals surface area contributed by atoms with Gasteiger partial charge in [-0.2, -0.15) is 0 Å². The van der Waals surface area contributed by atoms with Gasteiger partial charge in [0.25, 0.3) is 0 Å². The maximum atomic E-state index is 6.10. The lowest BCUT2D eigenvalue weighted by molar-refractivity contribution is 0.366. The third kappa shape index (κ3) is 4.16. The second-order valence-corrected chi connectivity index (χ2v) is 6.67. The maximum Gasteiger partial charge on any atom is 0.0426 e. The quantitative estimate of drug-likeness (QED) is 0.841. The SMILES string of the molecule is Clc1cccc(C[C@@H]2NCCC[C@@H]2Nc2cccc(Cl)c2)c1. The number of hydrogen-bond donors (Lipinski definition) is 2. The molecule has 1 aliphatic heterocycles. The molecule has 0 unspecified atom stereocenters. The van der Waals surface area contributed by atoms with Crippen LogP contribution < -0.4 is 10.6 Å². The minimum Gasteiger partial charge on any atom is -0.381 e. The molecule has 0 aliphatic carbocycles. The number of hydrogen-bond acceptors (Lipinski definition) is 2. The highest BCUT2D eigenvalue weighted by molar-refractivity contribution is 6.31. The van der Waals surface area contributed by atoms with E-state index in [1.165, 1.54) is 12.0 Å². The fraction of sp³-hybridized carbons (Fsp3) is 0.333. The molecule has 3 rings (SSSR count). The molecule has 116 valence electrons. The smallest absolute Gasteiger partial charge is 0.0426 e. The monoisotopic (exact) mass is 334 g/mol. The minimum absolute atomic E-state index is 0.395. The van der Waals surface area contributed by atoms with Crippen LogP contribution in [0, 0.1) is 0 Å². The summed E-state index contributed by atoms with van der Waals surface area (Å²) in [6.07, 6.45) is 3.31. The Kier molecular flexibility index (Phi) is 5.24. The van der Waals surface area contributed by atoms with Crippen molar-refractivity contribution in [3.63, 3.8) is 0 Å². The van der Waals surface area contributed by atoms with E-state index < -0.39 is 0 Å². The number of rotatable bonds is 4. The van der Waals surface area contributed by atoms with E-state index in [4.69, 9.17) is 23.2 Å². The van der Waals surface area contributed by atoms with Crippen LogP contribution >= 0.6 is 23.2 Å². The molecule has 2 N–H and O–H groups in total. The molecule has 2 aromatic rings. The van der Waals surface area contributed by atoms with E-state index in [0.29, 0.717) is 12.1 Å². The van der Waals surface area contributed by atoms with Crippen LogP contribution in [0.4, 0.5) is 5.69 Å². The molecule has 0 spiro atoms. The van der Waals surface area contributed by atoms with Crippen molar-refractivity contribution >= 4 is 28.9 Å². The molecule has 1 saturated heterocycles. The van der Waals surface area contributed by atoms with E-state index in [9.17, 15) is 0 Å². The average molecular weight is 335 g/mol. The van der Waals surface area contributed by atoms with Gasteiger partial charge in [0.2, 0.25) is 0 Å². The third-order valence-corrected chi connectivity index (χ3v) is 4.58. The molecule has 1 fully saturated rings. The molecule has 2 aromatic carbocycles. The van der Waals surface area contributed by atoms with E-state index in [1.807, 2.05) is 36.4 Å².